The van der Waals surface area contributed by atoms with Crippen molar-refractivity contribution in [3.63, 3.8) is 0 Å². The topological polar surface area (TPSA) is 68.1 Å². The Bertz CT molecular complexity index is 1170. The van der Waals surface area contributed by atoms with Gasteiger partial charge in [0.15, 0.2) is 17.0 Å². The van der Waals surface area contributed by atoms with Gasteiger partial charge in [-0.3, -0.25) is 4.90 Å². The molecule has 5 rings (SSSR count). The number of nitrogens with one attached hydrogen (secondary N) is 1. The number of rotatable bonds is 7. The highest BCUT2D eigenvalue weighted by Gasteiger charge is 2.19. The van der Waals surface area contributed by atoms with E-state index in [1.807, 2.05) is 43.3 Å². The van der Waals surface area contributed by atoms with Crippen molar-refractivity contribution in [1.82, 2.24) is 24.4 Å². The molecule has 0 amide bonds. The molecule has 7 nitrogen and oxygen atoms in total. The van der Waals surface area contributed by atoms with Gasteiger partial charge in [0.25, 0.3) is 0 Å². The predicted molar refractivity (Wildman–Crippen MR) is 127 cm³/mol. The fourth-order valence-corrected chi connectivity index (χ4v) is 4.10. The van der Waals surface area contributed by atoms with Crippen LogP contribution in [0.15, 0.2) is 60.7 Å². The van der Waals surface area contributed by atoms with E-state index < -0.39 is 0 Å². The fourth-order valence-electron chi connectivity index (χ4n) is 4.10. The van der Waals surface area contributed by atoms with Gasteiger partial charge in [0, 0.05) is 38.3 Å². The number of ether oxygens (including phenoxy) is 1. The van der Waals surface area contributed by atoms with Crippen LogP contribution in [0.5, 0.6) is 0 Å². The molecule has 0 bridgehead atoms. The summed E-state index contributed by atoms with van der Waals surface area (Å²) in [5.41, 5.74) is 3.97. The molecular formula is C25H28N6O. The van der Waals surface area contributed by atoms with Gasteiger partial charge in [-0.25, -0.2) is 15.0 Å². The van der Waals surface area contributed by atoms with Gasteiger partial charge in [0.2, 0.25) is 0 Å². The summed E-state index contributed by atoms with van der Waals surface area (Å²) >= 11 is 0. The Morgan fingerprint density at radius 1 is 0.875 bits per heavy atom. The standard InChI is InChI=1S/C25H28N6O/c1-19-27-23(26-18-20-8-4-2-5-9-20)22-25(28-19)31(13-12-30-14-16-32-17-15-30)24(29-22)21-10-6-3-7-11-21/h2-11H,12-18H2,1H3,(H,26,27,28). The minimum Gasteiger partial charge on any atom is -0.379 e. The van der Waals surface area contributed by atoms with Crippen LogP contribution in [-0.2, 0) is 17.8 Å². The lowest BCUT2D eigenvalue weighted by atomic mass is 10.2. The molecule has 0 atom stereocenters. The summed E-state index contributed by atoms with van der Waals surface area (Å²) in [6.45, 7) is 7.90. The van der Waals surface area contributed by atoms with Gasteiger partial charge in [-0.15, -0.1) is 0 Å². The number of anilines is 1. The predicted octanol–water partition coefficient (Wildman–Crippen LogP) is 3.75. The third kappa shape index (κ3) is 4.49. The van der Waals surface area contributed by atoms with E-state index in [4.69, 9.17) is 14.7 Å². The Morgan fingerprint density at radius 3 is 2.34 bits per heavy atom. The Labute approximate surface area is 188 Å². The number of fused-ring (bicyclic) bond motifs is 1. The van der Waals surface area contributed by atoms with Gasteiger partial charge in [-0.1, -0.05) is 60.7 Å². The molecule has 7 heteroatoms. The molecule has 4 aromatic rings. The number of aromatic nitrogens is 4. The second-order valence-electron chi connectivity index (χ2n) is 8.04. The van der Waals surface area contributed by atoms with Crippen LogP contribution in [0.1, 0.15) is 11.4 Å². The van der Waals surface area contributed by atoms with E-state index in [1.165, 1.54) is 5.56 Å². The first-order valence-electron chi connectivity index (χ1n) is 11.2. The third-order valence-electron chi connectivity index (χ3n) is 5.78. The summed E-state index contributed by atoms with van der Waals surface area (Å²) in [4.78, 5) is 17.0. The SMILES string of the molecule is Cc1nc(NCc2ccccc2)c2nc(-c3ccccc3)n(CCN3CCOCC3)c2n1. The van der Waals surface area contributed by atoms with Crippen molar-refractivity contribution in [1.29, 1.82) is 0 Å². The van der Waals surface area contributed by atoms with Crippen molar-refractivity contribution < 1.29 is 4.74 Å². The van der Waals surface area contributed by atoms with Crippen LogP contribution in [0.3, 0.4) is 0 Å². The van der Waals surface area contributed by atoms with Crippen LogP contribution >= 0.6 is 0 Å². The van der Waals surface area contributed by atoms with E-state index in [-0.39, 0.29) is 0 Å². The second-order valence-corrected chi connectivity index (χ2v) is 8.04. The van der Waals surface area contributed by atoms with Crippen LogP contribution in [-0.4, -0.2) is 57.3 Å². The molecule has 0 aliphatic carbocycles. The normalized spacial score (nSPS) is 14.7. The number of nitrogens with zero attached hydrogens (tertiary/aromatic N) is 5. The summed E-state index contributed by atoms with van der Waals surface area (Å²) in [5.74, 6) is 2.44. The molecule has 1 saturated heterocycles. The molecule has 0 unspecified atom stereocenters. The van der Waals surface area contributed by atoms with E-state index in [9.17, 15) is 0 Å². The van der Waals surface area contributed by atoms with Crippen LogP contribution in [0.4, 0.5) is 5.82 Å². The quantitative estimate of drug-likeness (QED) is 0.484. The first kappa shape index (κ1) is 20.6. The minimum atomic E-state index is 0.688. The number of aryl methyl sites for hydroxylation is 1. The lowest BCUT2D eigenvalue weighted by Gasteiger charge is -2.26. The van der Waals surface area contributed by atoms with Crippen LogP contribution in [0.2, 0.25) is 0 Å². The van der Waals surface area contributed by atoms with Gasteiger partial charge in [0.05, 0.1) is 13.2 Å². The summed E-state index contributed by atoms with van der Waals surface area (Å²) in [7, 11) is 0. The third-order valence-corrected chi connectivity index (χ3v) is 5.78. The van der Waals surface area contributed by atoms with Crippen molar-refractivity contribution >= 4 is 17.0 Å². The fraction of sp³-hybridized carbons (Fsp3) is 0.320. The highest BCUT2D eigenvalue weighted by molar-refractivity contribution is 5.86. The first-order chi connectivity index (χ1) is 15.8. The molecule has 2 aromatic heterocycles. The van der Waals surface area contributed by atoms with Gasteiger partial charge in [-0.05, 0) is 12.5 Å². The second kappa shape index (κ2) is 9.46. The molecule has 1 N–H and O–H groups in total. The summed E-state index contributed by atoms with van der Waals surface area (Å²) in [6.07, 6.45) is 0. The Morgan fingerprint density at radius 2 is 1.59 bits per heavy atom. The molecule has 164 valence electrons. The Balaban J connectivity index is 1.52. The number of morpholine rings is 1. The molecular weight excluding hydrogens is 400 g/mol. The van der Waals surface area contributed by atoms with E-state index in [0.717, 1.165) is 73.6 Å². The molecule has 2 aromatic carbocycles. The summed E-state index contributed by atoms with van der Waals surface area (Å²) < 4.78 is 7.74. The van der Waals surface area contributed by atoms with Crippen molar-refractivity contribution in [2.24, 2.45) is 0 Å². The van der Waals surface area contributed by atoms with E-state index >= 15 is 0 Å². The van der Waals surface area contributed by atoms with E-state index in [1.54, 1.807) is 0 Å². The zero-order valence-corrected chi connectivity index (χ0v) is 18.4. The summed E-state index contributed by atoms with van der Waals surface area (Å²) in [6, 6.07) is 20.7. The molecule has 0 radical (unpaired) electrons. The Kier molecular flexibility index (Phi) is 6.09. The lowest BCUT2D eigenvalue weighted by molar-refractivity contribution is 0.0365. The smallest absolute Gasteiger partial charge is 0.166 e. The highest BCUT2D eigenvalue weighted by Crippen LogP contribution is 2.28. The van der Waals surface area contributed by atoms with Gasteiger partial charge in [-0.2, -0.15) is 0 Å². The molecule has 0 spiro atoms. The maximum Gasteiger partial charge on any atom is 0.166 e. The van der Waals surface area contributed by atoms with Gasteiger partial charge in [0.1, 0.15) is 11.6 Å². The Hall–Kier alpha value is -3.29. The van der Waals surface area contributed by atoms with Crippen molar-refractivity contribution in [3.8, 4) is 11.4 Å². The van der Waals surface area contributed by atoms with Gasteiger partial charge >= 0.3 is 0 Å². The number of imidazole rings is 1. The van der Waals surface area contributed by atoms with E-state index in [0.29, 0.717) is 6.54 Å². The molecule has 1 aliphatic heterocycles. The maximum absolute atomic E-state index is 5.51. The molecule has 32 heavy (non-hydrogen) atoms. The minimum absolute atomic E-state index is 0.688. The van der Waals surface area contributed by atoms with Crippen molar-refractivity contribution in [2.75, 3.05) is 38.2 Å². The molecule has 3 heterocycles. The number of benzene rings is 2. The zero-order chi connectivity index (χ0) is 21.8. The van der Waals surface area contributed by atoms with Crippen LogP contribution in [0, 0.1) is 6.92 Å². The largest absolute Gasteiger partial charge is 0.379 e. The maximum atomic E-state index is 5.51. The molecule has 1 fully saturated rings. The summed E-state index contributed by atoms with van der Waals surface area (Å²) in [5, 5.41) is 3.49. The number of hydrogen-bond acceptors (Lipinski definition) is 6. The van der Waals surface area contributed by atoms with E-state index in [2.05, 4.69) is 44.0 Å². The molecule has 1 aliphatic rings. The average molecular weight is 429 g/mol. The monoisotopic (exact) mass is 428 g/mol. The first-order valence-corrected chi connectivity index (χ1v) is 11.2. The van der Waals surface area contributed by atoms with Crippen LogP contribution in [0.25, 0.3) is 22.6 Å². The zero-order valence-electron chi connectivity index (χ0n) is 18.4. The average Bonchev–Trinajstić information content (AvgIpc) is 3.21. The van der Waals surface area contributed by atoms with Crippen molar-refractivity contribution in [2.45, 2.75) is 20.0 Å². The van der Waals surface area contributed by atoms with Crippen LogP contribution < -0.4 is 5.32 Å². The lowest BCUT2D eigenvalue weighted by Crippen LogP contribution is -2.38. The highest BCUT2D eigenvalue weighted by atomic mass is 16.5. The van der Waals surface area contributed by atoms with Gasteiger partial charge < -0.3 is 14.6 Å². The van der Waals surface area contributed by atoms with Crippen molar-refractivity contribution in [3.05, 3.63) is 72.1 Å². The number of hydrogen-bond donors (Lipinski definition) is 1. The molecule has 0 saturated carbocycles.